The van der Waals surface area contributed by atoms with Crippen molar-refractivity contribution in [1.29, 1.82) is 0 Å². The zero-order valence-corrected chi connectivity index (χ0v) is 16.4. The lowest BCUT2D eigenvalue weighted by Gasteiger charge is -2.07. The molecule has 0 spiro atoms. The Hall–Kier alpha value is -2.19. The van der Waals surface area contributed by atoms with Gasteiger partial charge in [0.25, 0.3) is 5.56 Å². The molecule has 1 aromatic carbocycles. The van der Waals surface area contributed by atoms with Gasteiger partial charge in [-0.1, -0.05) is 58.3 Å². The van der Waals surface area contributed by atoms with Gasteiger partial charge in [-0.2, -0.15) is 0 Å². The Morgan fingerprint density at radius 3 is 2.78 bits per heavy atom. The Kier molecular flexibility index (Phi) is 4.77. The van der Waals surface area contributed by atoms with Crippen LogP contribution in [0, 0.1) is 0 Å². The number of carbonyl (C=O) groups excluding carboxylic acids is 1. The van der Waals surface area contributed by atoms with Gasteiger partial charge in [0.15, 0.2) is 10.7 Å². The van der Waals surface area contributed by atoms with Gasteiger partial charge in [-0.15, -0.1) is 0 Å². The van der Waals surface area contributed by atoms with Crippen molar-refractivity contribution in [2.45, 2.75) is 6.61 Å². The number of hydrogen-bond acceptors (Lipinski definition) is 6. The van der Waals surface area contributed by atoms with Crippen molar-refractivity contribution < 1.29 is 9.53 Å². The largest absolute Gasteiger partial charge is 0.454 e. The number of thiazole rings is 1. The molecule has 0 aliphatic heterocycles. The quantitative estimate of drug-likeness (QED) is 0.435. The van der Waals surface area contributed by atoms with Gasteiger partial charge in [0.1, 0.15) is 6.61 Å². The number of nitrogens with zero attached hydrogens (tertiary/aromatic N) is 3. The van der Waals surface area contributed by atoms with Gasteiger partial charge in [-0.25, -0.2) is 14.8 Å². The summed E-state index contributed by atoms with van der Waals surface area (Å²) < 4.78 is 7.62. The number of rotatable bonds is 3. The highest BCUT2D eigenvalue weighted by atomic mass is 35.5. The number of benzene rings is 1. The van der Waals surface area contributed by atoms with Crippen molar-refractivity contribution >= 4 is 67.3 Å². The first-order valence-electron chi connectivity index (χ1n) is 7.52. The van der Waals surface area contributed by atoms with Crippen LogP contribution in [0.3, 0.4) is 0 Å². The van der Waals surface area contributed by atoms with E-state index in [2.05, 4.69) is 9.97 Å². The van der Waals surface area contributed by atoms with Crippen molar-refractivity contribution in [3.63, 3.8) is 0 Å². The second kappa shape index (κ2) is 7.09. The molecule has 0 fully saturated rings. The zero-order chi connectivity index (χ0) is 19.1. The van der Waals surface area contributed by atoms with Gasteiger partial charge in [0.05, 0.1) is 31.0 Å². The van der Waals surface area contributed by atoms with Crippen LogP contribution in [0.1, 0.15) is 16.2 Å². The molecule has 136 valence electrons. The number of carbonyl (C=O) groups is 1. The van der Waals surface area contributed by atoms with E-state index in [1.165, 1.54) is 28.0 Å². The third kappa shape index (κ3) is 3.27. The van der Waals surface area contributed by atoms with E-state index in [1.54, 1.807) is 0 Å². The van der Waals surface area contributed by atoms with E-state index in [0.717, 1.165) is 10.2 Å². The first-order chi connectivity index (χ1) is 13.0. The van der Waals surface area contributed by atoms with Crippen molar-refractivity contribution in [1.82, 2.24) is 14.4 Å². The number of para-hydroxylation sites is 1. The van der Waals surface area contributed by atoms with Crippen LogP contribution >= 0.6 is 46.1 Å². The molecule has 0 saturated carbocycles. The van der Waals surface area contributed by atoms with Crippen molar-refractivity contribution in [3.05, 3.63) is 73.3 Å². The Balaban J connectivity index is 1.63. The summed E-state index contributed by atoms with van der Waals surface area (Å²) in [6.07, 6.45) is 1.21. The van der Waals surface area contributed by atoms with Gasteiger partial charge in [-0.05, 0) is 12.1 Å². The fourth-order valence-corrected chi connectivity index (χ4v) is 4.10. The summed E-state index contributed by atoms with van der Waals surface area (Å²) in [7, 11) is 0. The van der Waals surface area contributed by atoms with Gasteiger partial charge in [0.2, 0.25) is 0 Å². The molecule has 0 unspecified atom stereocenters. The molecule has 3 heterocycles. The van der Waals surface area contributed by atoms with Gasteiger partial charge < -0.3 is 4.74 Å². The second-order valence-electron chi connectivity index (χ2n) is 5.43. The van der Waals surface area contributed by atoms with Crippen LogP contribution < -0.4 is 5.56 Å². The Morgan fingerprint density at radius 2 is 1.96 bits per heavy atom. The third-order valence-corrected chi connectivity index (χ3v) is 5.97. The van der Waals surface area contributed by atoms with Crippen molar-refractivity contribution in [2.24, 2.45) is 0 Å². The van der Waals surface area contributed by atoms with Gasteiger partial charge in [0, 0.05) is 12.3 Å². The van der Waals surface area contributed by atoms with E-state index in [4.69, 9.17) is 39.5 Å². The van der Waals surface area contributed by atoms with Crippen molar-refractivity contribution in [3.8, 4) is 0 Å². The standard InChI is InChI=1S/C17H8Cl3N3O3S/c18-9-6-21-15(14(20)13(9)19)16(25)26-7-8-5-12(24)23-10-3-1-2-4-11(10)27-17(23)22-8/h1-6H,7H2. The van der Waals surface area contributed by atoms with E-state index in [9.17, 15) is 9.59 Å². The molecule has 0 N–H and O–H groups in total. The summed E-state index contributed by atoms with van der Waals surface area (Å²) in [6.45, 7) is -0.211. The average Bonchev–Trinajstić information content (AvgIpc) is 3.03. The monoisotopic (exact) mass is 439 g/mol. The molecule has 0 atom stereocenters. The molecule has 0 amide bonds. The summed E-state index contributed by atoms with van der Waals surface area (Å²) in [5.74, 6) is -0.795. The molecular formula is C17H8Cl3N3O3S. The first kappa shape index (κ1) is 18.2. The lowest BCUT2D eigenvalue weighted by molar-refractivity contribution is 0.0461. The van der Waals surface area contributed by atoms with E-state index in [0.29, 0.717) is 10.7 Å². The maximum atomic E-state index is 12.4. The predicted molar refractivity (Wildman–Crippen MR) is 105 cm³/mol. The molecule has 27 heavy (non-hydrogen) atoms. The van der Waals surface area contributed by atoms with Crippen LogP contribution in [0.25, 0.3) is 15.2 Å². The van der Waals surface area contributed by atoms with Crippen LogP contribution in [0.2, 0.25) is 15.1 Å². The summed E-state index contributed by atoms with van der Waals surface area (Å²) in [5.41, 5.74) is 0.682. The van der Waals surface area contributed by atoms with Crippen LogP contribution in [-0.4, -0.2) is 20.3 Å². The molecular weight excluding hydrogens is 433 g/mol. The lowest BCUT2D eigenvalue weighted by Crippen LogP contribution is -2.15. The van der Waals surface area contributed by atoms with Crippen LogP contribution in [0.5, 0.6) is 0 Å². The number of aromatic nitrogens is 3. The zero-order valence-electron chi connectivity index (χ0n) is 13.3. The number of pyridine rings is 1. The van der Waals surface area contributed by atoms with E-state index >= 15 is 0 Å². The normalized spacial score (nSPS) is 11.2. The third-order valence-electron chi connectivity index (χ3n) is 3.71. The molecule has 0 radical (unpaired) electrons. The highest BCUT2D eigenvalue weighted by molar-refractivity contribution is 7.23. The van der Waals surface area contributed by atoms with E-state index in [1.807, 2.05) is 24.3 Å². The molecule has 0 aliphatic carbocycles. The highest BCUT2D eigenvalue weighted by Gasteiger charge is 2.19. The molecule has 4 aromatic rings. The predicted octanol–water partition coefficient (Wildman–Crippen LogP) is 4.62. The molecule has 0 aliphatic rings. The molecule has 10 heteroatoms. The Morgan fingerprint density at radius 1 is 1.19 bits per heavy atom. The van der Waals surface area contributed by atoms with Crippen LogP contribution in [0.4, 0.5) is 0 Å². The molecule has 6 nitrogen and oxygen atoms in total. The first-order valence-corrected chi connectivity index (χ1v) is 9.47. The van der Waals surface area contributed by atoms with Gasteiger partial charge in [-0.3, -0.25) is 9.20 Å². The minimum absolute atomic E-state index is 0.0170. The molecule has 0 bridgehead atoms. The maximum absolute atomic E-state index is 12.4. The number of esters is 1. The summed E-state index contributed by atoms with van der Waals surface area (Å²) in [5, 5.41) is 0.0496. The fourth-order valence-electron chi connectivity index (χ4n) is 2.49. The number of ether oxygens (including phenoxy) is 1. The minimum atomic E-state index is -0.795. The topological polar surface area (TPSA) is 73.6 Å². The molecule has 0 saturated heterocycles. The molecule has 3 aromatic heterocycles. The Labute approximate surface area is 170 Å². The SMILES string of the molecule is O=C(OCc1cc(=O)n2c(n1)sc1ccccc12)c1ncc(Cl)c(Cl)c1Cl. The van der Waals surface area contributed by atoms with Crippen LogP contribution in [0.15, 0.2) is 41.3 Å². The lowest BCUT2D eigenvalue weighted by atomic mass is 10.3. The minimum Gasteiger partial charge on any atom is -0.454 e. The highest BCUT2D eigenvalue weighted by Crippen LogP contribution is 2.31. The van der Waals surface area contributed by atoms with E-state index < -0.39 is 5.97 Å². The Bertz CT molecular complexity index is 1270. The fraction of sp³-hybridized carbons (Fsp3) is 0.0588. The smallest absolute Gasteiger partial charge is 0.358 e. The van der Waals surface area contributed by atoms with Crippen LogP contribution in [-0.2, 0) is 11.3 Å². The summed E-state index contributed by atoms with van der Waals surface area (Å²) >= 11 is 19.0. The summed E-state index contributed by atoms with van der Waals surface area (Å²) in [6, 6.07) is 8.82. The number of halogens is 3. The summed E-state index contributed by atoms with van der Waals surface area (Å²) in [4.78, 5) is 33.4. The average molecular weight is 441 g/mol. The number of hydrogen-bond donors (Lipinski definition) is 0. The van der Waals surface area contributed by atoms with E-state index in [-0.39, 0.29) is 32.9 Å². The second-order valence-corrected chi connectivity index (χ2v) is 7.60. The van der Waals surface area contributed by atoms with Gasteiger partial charge >= 0.3 is 5.97 Å². The molecule has 4 rings (SSSR count). The maximum Gasteiger partial charge on any atom is 0.358 e. The van der Waals surface area contributed by atoms with Crippen molar-refractivity contribution in [2.75, 3.05) is 0 Å². The number of fused-ring (bicyclic) bond motifs is 3.